The fraction of sp³-hybridized carbons (Fsp3) is 0.250. The summed E-state index contributed by atoms with van der Waals surface area (Å²) in [7, 11) is -3.58. The van der Waals surface area contributed by atoms with Gasteiger partial charge >= 0.3 is 6.01 Å². The molecule has 9 heteroatoms. The van der Waals surface area contributed by atoms with Crippen LogP contribution in [0.1, 0.15) is 24.0 Å². The fourth-order valence-electron chi connectivity index (χ4n) is 2.63. The minimum Gasteiger partial charge on any atom is -0.403 e. The standard InChI is InChI=1S/C20H20FN3O4S/c1-13-5-6-15(12-14(13)2)19-23-24-20(28-19)22-18(25)4-3-11-29(26,27)17-9-7-16(21)8-10-17/h5-10,12H,3-4,11H2,1-2H3,(H,22,24,25). The van der Waals surface area contributed by atoms with Gasteiger partial charge in [-0.25, -0.2) is 12.8 Å². The zero-order valence-electron chi connectivity index (χ0n) is 16.0. The molecule has 3 rings (SSSR count). The molecule has 7 nitrogen and oxygen atoms in total. The predicted molar refractivity (Wildman–Crippen MR) is 106 cm³/mol. The molecule has 1 amide bonds. The van der Waals surface area contributed by atoms with Gasteiger partial charge in [-0.05, 0) is 67.8 Å². The summed E-state index contributed by atoms with van der Waals surface area (Å²) in [5, 5.41) is 10.2. The molecule has 0 saturated carbocycles. The zero-order chi connectivity index (χ0) is 21.0. The molecule has 2 aromatic carbocycles. The Balaban J connectivity index is 1.54. The molecule has 0 aliphatic carbocycles. The molecule has 0 aliphatic rings. The third-order valence-electron chi connectivity index (χ3n) is 4.41. The van der Waals surface area contributed by atoms with Gasteiger partial charge in [-0.2, -0.15) is 0 Å². The van der Waals surface area contributed by atoms with Gasteiger partial charge in [0.25, 0.3) is 0 Å². The van der Waals surface area contributed by atoms with Gasteiger partial charge in [0, 0.05) is 12.0 Å². The number of carbonyl (C=O) groups excluding carboxylic acids is 1. The predicted octanol–water partition coefficient (Wildman–Crippen LogP) is 3.69. The molecule has 0 atom stereocenters. The van der Waals surface area contributed by atoms with Crippen LogP contribution in [0.3, 0.4) is 0 Å². The van der Waals surface area contributed by atoms with E-state index in [-0.39, 0.29) is 35.4 Å². The maximum atomic E-state index is 12.9. The Bertz CT molecular complexity index is 1120. The van der Waals surface area contributed by atoms with Crippen LogP contribution in [0.2, 0.25) is 0 Å². The summed E-state index contributed by atoms with van der Waals surface area (Å²) in [4.78, 5) is 12.1. The van der Waals surface area contributed by atoms with Gasteiger partial charge in [-0.15, -0.1) is 5.10 Å². The van der Waals surface area contributed by atoms with Crippen LogP contribution in [0.5, 0.6) is 0 Å². The molecule has 1 N–H and O–H groups in total. The number of amides is 1. The monoisotopic (exact) mass is 417 g/mol. The lowest BCUT2D eigenvalue weighted by Gasteiger charge is -2.04. The second kappa shape index (κ2) is 8.52. The van der Waals surface area contributed by atoms with Gasteiger partial charge in [0.1, 0.15) is 5.82 Å². The molecule has 0 bridgehead atoms. The van der Waals surface area contributed by atoms with E-state index in [1.807, 2.05) is 32.0 Å². The van der Waals surface area contributed by atoms with Gasteiger partial charge < -0.3 is 4.42 Å². The van der Waals surface area contributed by atoms with E-state index in [2.05, 4.69) is 15.5 Å². The number of hydrogen-bond donors (Lipinski definition) is 1. The molecule has 0 fully saturated rings. The molecule has 29 heavy (non-hydrogen) atoms. The Hall–Kier alpha value is -3.07. The maximum Gasteiger partial charge on any atom is 0.322 e. The molecule has 0 radical (unpaired) electrons. The number of aryl methyl sites for hydroxylation is 2. The molecular weight excluding hydrogens is 397 g/mol. The Kier molecular flexibility index (Phi) is 6.07. The van der Waals surface area contributed by atoms with E-state index in [0.29, 0.717) is 0 Å². The number of sulfone groups is 1. The molecule has 0 aliphatic heterocycles. The molecule has 0 spiro atoms. The van der Waals surface area contributed by atoms with Crippen molar-refractivity contribution in [3.05, 3.63) is 59.4 Å². The van der Waals surface area contributed by atoms with Crippen LogP contribution in [-0.2, 0) is 14.6 Å². The molecule has 3 aromatic rings. The Morgan fingerprint density at radius 1 is 1.07 bits per heavy atom. The lowest BCUT2D eigenvalue weighted by molar-refractivity contribution is -0.116. The van der Waals surface area contributed by atoms with Crippen molar-refractivity contribution in [1.82, 2.24) is 10.2 Å². The van der Waals surface area contributed by atoms with Crippen molar-refractivity contribution in [2.45, 2.75) is 31.6 Å². The highest BCUT2D eigenvalue weighted by Gasteiger charge is 2.16. The number of halogens is 1. The number of aromatic nitrogens is 2. The Morgan fingerprint density at radius 3 is 2.48 bits per heavy atom. The molecule has 0 unspecified atom stereocenters. The number of nitrogens with one attached hydrogen (secondary N) is 1. The van der Waals surface area contributed by atoms with Crippen LogP contribution >= 0.6 is 0 Å². The summed E-state index contributed by atoms with van der Waals surface area (Å²) in [5.74, 6) is -0.899. The van der Waals surface area contributed by atoms with Crippen molar-refractivity contribution < 1.29 is 22.0 Å². The number of nitrogens with zero attached hydrogens (tertiary/aromatic N) is 2. The van der Waals surface area contributed by atoms with Crippen LogP contribution in [-0.4, -0.2) is 30.3 Å². The van der Waals surface area contributed by atoms with Gasteiger partial charge in [0.15, 0.2) is 9.84 Å². The van der Waals surface area contributed by atoms with E-state index in [1.54, 1.807) is 0 Å². The number of rotatable bonds is 7. The minimum absolute atomic E-state index is 0.0224. The quantitative estimate of drug-likeness (QED) is 0.588. The van der Waals surface area contributed by atoms with Crippen LogP contribution in [0, 0.1) is 19.7 Å². The molecule has 0 saturated heterocycles. The average molecular weight is 417 g/mol. The van der Waals surface area contributed by atoms with E-state index in [0.717, 1.165) is 28.8 Å². The first-order valence-corrected chi connectivity index (χ1v) is 10.6. The van der Waals surface area contributed by atoms with Gasteiger partial charge in [0.2, 0.25) is 11.8 Å². The smallest absolute Gasteiger partial charge is 0.322 e. The lowest BCUT2D eigenvalue weighted by Crippen LogP contribution is -2.14. The molecule has 1 aromatic heterocycles. The summed E-state index contributed by atoms with van der Waals surface area (Å²) < 4.78 is 42.8. The number of hydrogen-bond acceptors (Lipinski definition) is 6. The minimum atomic E-state index is -3.58. The molecule has 152 valence electrons. The van der Waals surface area contributed by atoms with Crippen LogP contribution in [0.25, 0.3) is 11.5 Å². The van der Waals surface area contributed by atoms with E-state index >= 15 is 0 Å². The number of benzene rings is 2. The average Bonchev–Trinajstić information content (AvgIpc) is 3.12. The fourth-order valence-corrected chi connectivity index (χ4v) is 3.94. The maximum absolute atomic E-state index is 12.9. The number of carbonyl (C=O) groups is 1. The SMILES string of the molecule is Cc1ccc(-c2nnc(NC(=O)CCCS(=O)(=O)c3ccc(F)cc3)o2)cc1C. The highest BCUT2D eigenvalue weighted by molar-refractivity contribution is 7.91. The Morgan fingerprint density at radius 2 is 1.79 bits per heavy atom. The highest BCUT2D eigenvalue weighted by Crippen LogP contribution is 2.22. The van der Waals surface area contributed by atoms with E-state index in [9.17, 15) is 17.6 Å². The van der Waals surface area contributed by atoms with Crippen molar-refractivity contribution >= 4 is 21.8 Å². The number of anilines is 1. The second-order valence-electron chi connectivity index (χ2n) is 6.64. The summed E-state index contributed by atoms with van der Waals surface area (Å²) in [6.07, 6.45) is 0.0610. The van der Waals surface area contributed by atoms with Gasteiger partial charge in [0.05, 0.1) is 10.6 Å². The summed E-state index contributed by atoms with van der Waals surface area (Å²) >= 11 is 0. The highest BCUT2D eigenvalue weighted by atomic mass is 32.2. The summed E-state index contributed by atoms with van der Waals surface area (Å²) in [6, 6.07) is 10.2. The van der Waals surface area contributed by atoms with E-state index in [4.69, 9.17) is 4.42 Å². The van der Waals surface area contributed by atoms with E-state index in [1.165, 1.54) is 12.1 Å². The zero-order valence-corrected chi connectivity index (χ0v) is 16.8. The van der Waals surface area contributed by atoms with E-state index < -0.39 is 21.6 Å². The van der Waals surface area contributed by atoms with Gasteiger partial charge in [-0.3, -0.25) is 10.1 Å². The molecule has 1 heterocycles. The largest absolute Gasteiger partial charge is 0.403 e. The first kappa shape index (κ1) is 20.7. The third kappa shape index (κ3) is 5.26. The first-order chi connectivity index (χ1) is 13.7. The normalized spacial score (nSPS) is 11.4. The lowest BCUT2D eigenvalue weighted by atomic mass is 10.1. The van der Waals surface area contributed by atoms with Crippen molar-refractivity contribution in [3.63, 3.8) is 0 Å². The molecular formula is C20H20FN3O4S. The third-order valence-corrected chi connectivity index (χ3v) is 6.23. The van der Waals surface area contributed by atoms with Crippen molar-refractivity contribution in [3.8, 4) is 11.5 Å². The van der Waals surface area contributed by atoms with Crippen molar-refractivity contribution in [1.29, 1.82) is 0 Å². The van der Waals surface area contributed by atoms with Crippen LogP contribution in [0.4, 0.5) is 10.4 Å². The first-order valence-electron chi connectivity index (χ1n) is 8.94. The second-order valence-corrected chi connectivity index (χ2v) is 8.75. The van der Waals surface area contributed by atoms with Gasteiger partial charge in [-0.1, -0.05) is 11.2 Å². The van der Waals surface area contributed by atoms with Crippen LogP contribution < -0.4 is 5.32 Å². The Labute approximate surface area is 167 Å². The topological polar surface area (TPSA) is 102 Å². The summed E-state index contributed by atoms with van der Waals surface area (Å²) in [6.45, 7) is 3.97. The van der Waals surface area contributed by atoms with Crippen LogP contribution in [0.15, 0.2) is 51.8 Å². The van der Waals surface area contributed by atoms with Crippen molar-refractivity contribution in [2.24, 2.45) is 0 Å². The van der Waals surface area contributed by atoms with Crippen molar-refractivity contribution in [2.75, 3.05) is 11.1 Å². The summed E-state index contributed by atoms with van der Waals surface area (Å²) in [5.41, 5.74) is 2.96.